The molecule has 0 aromatic carbocycles. The Morgan fingerprint density at radius 2 is 0.867 bits per heavy atom. The van der Waals surface area contributed by atoms with Crippen molar-refractivity contribution in [3.8, 4) is 0 Å². The fourth-order valence-corrected chi connectivity index (χ4v) is 3.01. The van der Waals surface area contributed by atoms with Gasteiger partial charge in [0.25, 0.3) is 0 Å². The predicted molar refractivity (Wildman–Crippen MR) is 109 cm³/mol. The van der Waals surface area contributed by atoms with Crippen LogP contribution in [0.1, 0.15) is 130 Å². The van der Waals surface area contributed by atoms with E-state index in [2.05, 4.69) is 20.8 Å². The van der Waals surface area contributed by atoms with E-state index in [-0.39, 0.29) is 78.0 Å². The molecular weight excluding hydrogens is 393 g/mol. The van der Waals surface area contributed by atoms with Crippen LogP contribution < -0.4 is 88.2 Å². The molecule has 0 amide bonds. The molecule has 0 heterocycles. The van der Waals surface area contributed by atoms with E-state index >= 15 is 0 Å². The Kier molecular flexibility index (Phi) is 48.9. The number of aliphatic carboxylic acids is 2. The Bertz CT molecular complexity index is 333. The van der Waals surface area contributed by atoms with Gasteiger partial charge in [-0.2, -0.15) is 19.8 Å². The normalized spacial score (nSPS) is 9.47. The molecule has 0 N–H and O–H groups in total. The Morgan fingerprint density at radius 1 is 0.600 bits per heavy atom. The summed E-state index contributed by atoms with van der Waals surface area (Å²) in [6.45, 7) is 6.96. The minimum Gasteiger partial charge on any atom is -0.550 e. The van der Waals surface area contributed by atoms with Gasteiger partial charge in [-0.05, 0) is 0 Å². The number of unbranched alkanes of at least 4 members (excludes halogenated alkanes) is 12. The van der Waals surface area contributed by atoms with Crippen molar-refractivity contribution in [2.75, 3.05) is 0 Å². The van der Waals surface area contributed by atoms with Crippen molar-refractivity contribution < 1.29 is 97.8 Å². The minimum atomic E-state index is -1.63. The third-order valence-corrected chi connectivity index (χ3v) is 4.70. The fraction of sp³-hybridized carbons (Fsp3) is 0.870. The summed E-state index contributed by atoms with van der Waals surface area (Å²) in [7, 11) is 0. The molecule has 0 atom stereocenters. The van der Waals surface area contributed by atoms with Crippen molar-refractivity contribution >= 4 is 11.9 Å². The molecule has 0 aliphatic heterocycles. The first-order valence-electron chi connectivity index (χ1n) is 11.1. The average Bonchev–Trinajstić information content (AvgIpc) is 2.59. The standard InChI is InChI=1S/C20H41.C3H4O4.Li.2Na/c1-4-6-8-10-11-12-13-14-15-17-19-20(3)18-16-9-7-5-2;4-2(5)1-3(6)7;;;/h4-19H2,1-3H3;1H2,(H,4,5)(H,6,7);;;/q-1;;3*+1/p-2. The predicted octanol–water partition coefficient (Wildman–Crippen LogP) is -4.25. The van der Waals surface area contributed by atoms with E-state index in [0.717, 1.165) is 0 Å². The third kappa shape index (κ3) is 43.4. The van der Waals surface area contributed by atoms with E-state index in [0.29, 0.717) is 0 Å². The zero-order valence-electron chi connectivity index (χ0n) is 21.2. The van der Waals surface area contributed by atoms with Gasteiger partial charge in [0.05, 0.1) is 0 Å². The Hall–Kier alpha value is 1.54. The van der Waals surface area contributed by atoms with E-state index in [1.165, 1.54) is 103 Å². The minimum absolute atomic E-state index is 0. The van der Waals surface area contributed by atoms with Gasteiger partial charge in [0.15, 0.2) is 0 Å². The molecule has 0 rings (SSSR count). The topological polar surface area (TPSA) is 80.3 Å². The summed E-state index contributed by atoms with van der Waals surface area (Å²) < 4.78 is 0. The fourth-order valence-electron chi connectivity index (χ4n) is 3.01. The summed E-state index contributed by atoms with van der Waals surface area (Å²) in [4.78, 5) is 18.6. The molecule has 162 valence electrons. The Balaban J connectivity index is -0.000000180. The summed E-state index contributed by atoms with van der Waals surface area (Å²) in [6.07, 6.45) is 21.9. The third-order valence-electron chi connectivity index (χ3n) is 4.70. The number of carboxylic acid groups (broad SMARTS) is 2. The Morgan fingerprint density at radius 3 is 1.13 bits per heavy atom. The van der Waals surface area contributed by atoms with Crippen molar-refractivity contribution in [3.63, 3.8) is 0 Å². The molecule has 30 heavy (non-hydrogen) atoms. The maximum atomic E-state index is 9.28. The summed E-state index contributed by atoms with van der Waals surface area (Å²) >= 11 is 0. The molecule has 0 radical (unpaired) electrons. The molecule has 0 bridgehead atoms. The largest absolute Gasteiger partial charge is 1.00 e. The van der Waals surface area contributed by atoms with Gasteiger partial charge in [-0.25, -0.2) is 0 Å². The maximum absolute atomic E-state index is 9.28. The maximum Gasteiger partial charge on any atom is 1.00 e. The molecule has 7 heteroatoms. The van der Waals surface area contributed by atoms with Gasteiger partial charge in [0.1, 0.15) is 0 Å². The van der Waals surface area contributed by atoms with Crippen LogP contribution in [0.2, 0.25) is 0 Å². The average molecular weight is 437 g/mol. The van der Waals surface area contributed by atoms with Gasteiger partial charge in [-0.3, -0.25) is 0 Å². The number of hydrogen-bond acceptors (Lipinski definition) is 4. The molecule has 4 nitrogen and oxygen atoms in total. The second-order valence-corrected chi connectivity index (χ2v) is 7.62. The smallest absolute Gasteiger partial charge is 0.550 e. The second-order valence-electron chi connectivity index (χ2n) is 7.62. The van der Waals surface area contributed by atoms with Crippen molar-refractivity contribution in [1.82, 2.24) is 0 Å². The van der Waals surface area contributed by atoms with Crippen LogP contribution in [-0.2, 0) is 9.59 Å². The monoisotopic (exact) mass is 436 g/mol. The summed E-state index contributed by atoms with van der Waals surface area (Å²) in [6, 6.07) is 0. The first kappa shape index (κ1) is 41.8. The summed E-state index contributed by atoms with van der Waals surface area (Å²) in [5.74, 6) is -1.50. The van der Waals surface area contributed by atoms with Crippen LogP contribution in [0.15, 0.2) is 0 Å². The van der Waals surface area contributed by atoms with Crippen LogP contribution in [0.4, 0.5) is 0 Å². The second kappa shape index (κ2) is 35.1. The molecule has 0 fully saturated rings. The van der Waals surface area contributed by atoms with Crippen LogP contribution in [0.5, 0.6) is 0 Å². The van der Waals surface area contributed by atoms with E-state index in [4.69, 9.17) is 0 Å². The van der Waals surface area contributed by atoms with Gasteiger partial charge in [-0.15, -0.1) is 0 Å². The first-order chi connectivity index (χ1) is 12.9. The van der Waals surface area contributed by atoms with Gasteiger partial charge in [0, 0.05) is 18.4 Å². The molecule has 0 spiro atoms. The first-order valence-corrected chi connectivity index (χ1v) is 11.1. The van der Waals surface area contributed by atoms with E-state index in [1.807, 2.05) is 0 Å². The molecule has 0 aromatic heterocycles. The van der Waals surface area contributed by atoms with Gasteiger partial charge < -0.3 is 25.7 Å². The zero-order valence-corrected chi connectivity index (χ0v) is 25.2. The SMILES string of the molecule is CCCCCCCCCCCC[C-](C)CCCCCC.O=C([O-])CC(=O)[O-].[Li+].[Na+].[Na+]. The van der Waals surface area contributed by atoms with Crippen LogP contribution in [-0.4, -0.2) is 11.9 Å². The molecule has 0 saturated heterocycles. The molecule has 0 unspecified atom stereocenters. The van der Waals surface area contributed by atoms with Gasteiger partial charge in [-0.1, -0.05) is 104 Å². The Labute approximate surface area is 243 Å². The van der Waals surface area contributed by atoms with Crippen LogP contribution >= 0.6 is 0 Å². The van der Waals surface area contributed by atoms with Crippen molar-refractivity contribution in [1.29, 1.82) is 0 Å². The van der Waals surface area contributed by atoms with Crippen LogP contribution in [0.25, 0.3) is 0 Å². The van der Waals surface area contributed by atoms with E-state index < -0.39 is 18.4 Å². The molecule has 0 aromatic rings. The van der Waals surface area contributed by atoms with Crippen molar-refractivity contribution in [2.24, 2.45) is 0 Å². The van der Waals surface area contributed by atoms with Crippen molar-refractivity contribution in [3.05, 3.63) is 5.92 Å². The van der Waals surface area contributed by atoms with E-state index in [1.54, 1.807) is 5.92 Å². The number of carbonyl (C=O) groups is 2. The molecule has 0 aliphatic rings. The number of hydrogen-bond donors (Lipinski definition) is 0. The van der Waals surface area contributed by atoms with Crippen LogP contribution in [0.3, 0.4) is 0 Å². The molecular formula is C23H43LiNa2O4. The van der Waals surface area contributed by atoms with Crippen molar-refractivity contribution in [2.45, 2.75) is 130 Å². The van der Waals surface area contributed by atoms with Gasteiger partial charge in [0.2, 0.25) is 0 Å². The molecule has 0 saturated carbocycles. The molecule has 0 aliphatic carbocycles. The van der Waals surface area contributed by atoms with Gasteiger partial charge >= 0.3 is 78.0 Å². The number of rotatable bonds is 18. The summed E-state index contributed by atoms with van der Waals surface area (Å²) in [5.41, 5.74) is 0. The zero-order chi connectivity index (χ0) is 20.8. The van der Waals surface area contributed by atoms with E-state index in [9.17, 15) is 19.8 Å². The van der Waals surface area contributed by atoms with Crippen LogP contribution in [0, 0.1) is 5.92 Å². The summed E-state index contributed by atoms with van der Waals surface area (Å²) in [5, 5.41) is 18.6. The number of carbonyl (C=O) groups excluding carboxylic acids is 2. The number of carboxylic acids is 2. The quantitative estimate of drug-likeness (QED) is 0.0944.